The molecular formula is C17H27NOS. The van der Waals surface area contributed by atoms with Crippen LogP contribution in [0.3, 0.4) is 0 Å². The summed E-state index contributed by atoms with van der Waals surface area (Å²) in [6, 6.07) is 4.24. The lowest BCUT2D eigenvalue weighted by Crippen LogP contribution is -2.34. The van der Waals surface area contributed by atoms with Gasteiger partial charge in [-0.3, -0.25) is 4.79 Å². The SMILES string of the molecule is O=C(NC1CCCCCCCCCCC1)c1cccs1. The highest BCUT2D eigenvalue weighted by atomic mass is 32.1. The molecule has 0 spiro atoms. The monoisotopic (exact) mass is 293 g/mol. The lowest BCUT2D eigenvalue weighted by molar-refractivity contribution is 0.0935. The maximum Gasteiger partial charge on any atom is 0.261 e. The summed E-state index contributed by atoms with van der Waals surface area (Å²) in [5.74, 6) is 0.122. The number of rotatable bonds is 2. The molecule has 20 heavy (non-hydrogen) atoms. The Morgan fingerprint density at radius 2 is 1.50 bits per heavy atom. The number of thiophene rings is 1. The highest BCUT2D eigenvalue weighted by molar-refractivity contribution is 7.12. The van der Waals surface area contributed by atoms with Crippen LogP contribution in [0.15, 0.2) is 17.5 Å². The standard InChI is InChI=1S/C17H27NOS/c19-17(16-13-10-14-20-16)18-15-11-8-6-4-2-1-3-5-7-9-12-15/h10,13-15H,1-9,11-12H2,(H,18,19). The molecule has 0 radical (unpaired) electrons. The first-order valence-electron chi connectivity index (χ1n) is 8.20. The molecule has 1 aromatic heterocycles. The fourth-order valence-electron chi connectivity index (χ4n) is 2.97. The van der Waals surface area contributed by atoms with Crippen molar-refractivity contribution in [3.63, 3.8) is 0 Å². The largest absolute Gasteiger partial charge is 0.349 e. The molecule has 1 aromatic rings. The first-order valence-corrected chi connectivity index (χ1v) is 9.08. The van der Waals surface area contributed by atoms with Gasteiger partial charge < -0.3 is 5.32 Å². The van der Waals surface area contributed by atoms with Crippen LogP contribution in [0.5, 0.6) is 0 Å². The molecule has 1 fully saturated rings. The molecule has 0 saturated heterocycles. The fourth-order valence-corrected chi connectivity index (χ4v) is 3.60. The summed E-state index contributed by atoms with van der Waals surface area (Å²) in [7, 11) is 0. The van der Waals surface area contributed by atoms with Crippen LogP contribution in [-0.4, -0.2) is 11.9 Å². The van der Waals surface area contributed by atoms with Crippen molar-refractivity contribution < 1.29 is 4.79 Å². The van der Waals surface area contributed by atoms with Gasteiger partial charge in [0, 0.05) is 6.04 Å². The highest BCUT2D eigenvalue weighted by Crippen LogP contribution is 2.18. The zero-order valence-electron chi connectivity index (χ0n) is 12.4. The van der Waals surface area contributed by atoms with Crippen molar-refractivity contribution in [1.82, 2.24) is 5.32 Å². The Kier molecular flexibility index (Phi) is 7.13. The van der Waals surface area contributed by atoms with E-state index in [0.29, 0.717) is 6.04 Å². The molecule has 0 unspecified atom stereocenters. The van der Waals surface area contributed by atoms with Crippen LogP contribution < -0.4 is 5.32 Å². The topological polar surface area (TPSA) is 29.1 Å². The maximum absolute atomic E-state index is 12.1. The van der Waals surface area contributed by atoms with E-state index in [-0.39, 0.29) is 5.91 Å². The van der Waals surface area contributed by atoms with Crippen molar-refractivity contribution in [3.05, 3.63) is 22.4 Å². The summed E-state index contributed by atoms with van der Waals surface area (Å²) in [5.41, 5.74) is 0. The van der Waals surface area contributed by atoms with Crippen LogP contribution in [0.4, 0.5) is 0 Å². The Hall–Kier alpha value is -0.830. The van der Waals surface area contributed by atoms with Gasteiger partial charge in [0.05, 0.1) is 4.88 Å². The summed E-state index contributed by atoms with van der Waals surface area (Å²) in [6.45, 7) is 0. The molecular weight excluding hydrogens is 266 g/mol. The van der Waals surface area contributed by atoms with Crippen molar-refractivity contribution >= 4 is 17.2 Å². The molecule has 0 atom stereocenters. The average Bonchev–Trinajstić information content (AvgIpc) is 2.96. The van der Waals surface area contributed by atoms with E-state index < -0.39 is 0 Å². The number of hydrogen-bond acceptors (Lipinski definition) is 2. The number of carbonyl (C=O) groups is 1. The van der Waals surface area contributed by atoms with Gasteiger partial charge >= 0.3 is 0 Å². The zero-order chi connectivity index (χ0) is 14.0. The molecule has 1 aliphatic rings. The smallest absolute Gasteiger partial charge is 0.261 e. The quantitative estimate of drug-likeness (QED) is 0.802. The van der Waals surface area contributed by atoms with Crippen molar-refractivity contribution in [2.45, 2.75) is 76.7 Å². The zero-order valence-corrected chi connectivity index (χ0v) is 13.2. The number of nitrogens with one attached hydrogen (secondary N) is 1. The Bertz CT molecular complexity index is 362. The molecule has 1 saturated carbocycles. The van der Waals surface area contributed by atoms with Gasteiger partial charge in [-0.1, -0.05) is 63.9 Å². The summed E-state index contributed by atoms with van der Waals surface area (Å²) >= 11 is 1.53. The van der Waals surface area contributed by atoms with Crippen molar-refractivity contribution in [2.24, 2.45) is 0 Å². The minimum Gasteiger partial charge on any atom is -0.349 e. The Morgan fingerprint density at radius 1 is 0.950 bits per heavy atom. The molecule has 0 aromatic carbocycles. The van der Waals surface area contributed by atoms with Gasteiger partial charge in [0.15, 0.2) is 0 Å². The second kappa shape index (κ2) is 9.17. The van der Waals surface area contributed by atoms with Gasteiger partial charge in [-0.15, -0.1) is 11.3 Å². The van der Waals surface area contributed by atoms with Gasteiger partial charge in [-0.2, -0.15) is 0 Å². The van der Waals surface area contributed by atoms with E-state index in [1.165, 1.54) is 69.1 Å². The molecule has 3 heteroatoms. The van der Waals surface area contributed by atoms with Crippen molar-refractivity contribution in [1.29, 1.82) is 0 Å². The molecule has 112 valence electrons. The number of amides is 1. The number of hydrogen-bond donors (Lipinski definition) is 1. The first-order chi connectivity index (χ1) is 9.86. The highest BCUT2D eigenvalue weighted by Gasteiger charge is 2.14. The third kappa shape index (κ3) is 5.66. The second-order valence-electron chi connectivity index (χ2n) is 5.91. The molecule has 1 amide bonds. The average molecular weight is 293 g/mol. The van der Waals surface area contributed by atoms with E-state index >= 15 is 0 Å². The molecule has 1 N–H and O–H groups in total. The van der Waals surface area contributed by atoms with Crippen LogP contribution in [-0.2, 0) is 0 Å². The van der Waals surface area contributed by atoms with Crippen molar-refractivity contribution in [3.8, 4) is 0 Å². The Morgan fingerprint density at radius 3 is 2.00 bits per heavy atom. The van der Waals surface area contributed by atoms with E-state index in [4.69, 9.17) is 0 Å². The normalized spacial score (nSPS) is 19.8. The summed E-state index contributed by atoms with van der Waals surface area (Å²) in [6.07, 6.45) is 14.4. The first kappa shape index (κ1) is 15.6. The van der Waals surface area contributed by atoms with Crippen LogP contribution in [0.1, 0.15) is 80.3 Å². The van der Waals surface area contributed by atoms with Crippen LogP contribution >= 0.6 is 11.3 Å². The molecule has 1 aliphatic carbocycles. The number of carbonyl (C=O) groups excluding carboxylic acids is 1. The van der Waals surface area contributed by atoms with Gasteiger partial charge in [-0.05, 0) is 24.3 Å². The third-order valence-electron chi connectivity index (χ3n) is 4.19. The molecule has 0 aliphatic heterocycles. The van der Waals surface area contributed by atoms with Crippen molar-refractivity contribution in [2.75, 3.05) is 0 Å². The minimum atomic E-state index is 0.122. The van der Waals surface area contributed by atoms with E-state index in [1.807, 2.05) is 17.5 Å². The van der Waals surface area contributed by atoms with Crippen LogP contribution in [0.2, 0.25) is 0 Å². The van der Waals surface area contributed by atoms with Gasteiger partial charge in [0.25, 0.3) is 5.91 Å². The van der Waals surface area contributed by atoms with Gasteiger partial charge in [-0.25, -0.2) is 0 Å². The van der Waals surface area contributed by atoms with Crippen LogP contribution in [0.25, 0.3) is 0 Å². The molecule has 0 bridgehead atoms. The third-order valence-corrected chi connectivity index (χ3v) is 5.05. The fraction of sp³-hybridized carbons (Fsp3) is 0.706. The lowest BCUT2D eigenvalue weighted by Gasteiger charge is -2.19. The Labute approximate surface area is 127 Å². The van der Waals surface area contributed by atoms with Gasteiger partial charge in [0.2, 0.25) is 0 Å². The van der Waals surface area contributed by atoms with Crippen LogP contribution in [0, 0.1) is 0 Å². The van der Waals surface area contributed by atoms with E-state index in [9.17, 15) is 4.79 Å². The Balaban J connectivity index is 1.81. The predicted molar refractivity (Wildman–Crippen MR) is 86.4 cm³/mol. The van der Waals surface area contributed by atoms with E-state index in [2.05, 4.69) is 5.32 Å². The molecule has 2 rings (SSSR count). The van der Waals surface area contributed by atoms with Gasteiger partial charge in [0.1, 0.15) is 0 Å². The molecule has 2 nitrogen and oxygen atoms in total. The lowest BCUT2D eigenvalue weighted by atomic mass is 9.98. The van der Waals surface area contributed by atoms with E-state index in [0.717, 1.165) is 17.7 Å². The second-order valence-corrected chi connectivity index (χ2v) is 6.85. The summed E-state index contributed by atoms with van der Waals surface area (Å²) in [4.78, 5) is 13.0. The summed E-state index contributed by atoms with van der Waals surface area (Å²) < 4.78 is 0. The molecule has 1 heterocycles. The summed E-state index contributed by atoms with van der Waals surface area (Å²) in [5, 5.41) is 5.21. The minimum absolute atomic E-state index is 0.122. The van der Waals surface area contributed by atoms with E-state index in [1.54, 1.807) is 0 Å². The maximum atomic E-state index is 12.1. The predicted octanol–water partition coefficient (Wildman–Crippen LogP) is 5.15.